The van der Waals surface area contributed by atoms with E-state index >= 15 is 0 Å². The van der Waals surface area contributed by atoms with Gasteiger partial charge in [0, 0.05) is 10.4 Å². The minimum absolute atomic E-state index is 0.0924. The number of rotatable bonds is 4. The third-order valence-corrected chi connectivity index (χ3v) is 3.27. The van der Waals surface area contributed by atoms with Crippen molar-refractivity contribution in [3.05, 3.63) is 28.8 Å². The summed E-state index contributed by atoms with van der Waals surface area (Å²) in [4.78, 5) is 0. The molecule has 1 nitrogen and oxygen atoms in total. The van der Waals surface area contributed by atoms with E-state index in [1.165, 1.54) is 0 Å². The summed E-state index contributed by atoms with van der Waals surface area (Å²) >= 11 is 10.2. The summed E-state index contributed by atoms with van der Waals surface area (Å²) in [6.45, 7) is 6.92. The monoisotopic (exact) mass is 244 g/mol. The van der Waals surface area contributed by atoms with Crippen LogP contribution in [0.15, 0.2) is 18.2 Å². The van der Waals surface area contributed by atoms with E-state index in [0.717, 1.165) is 22.1 Å². The Kier molecular flexibility index (Phi) is 4.35. The second kappa shape index (κ2) is 5.13. The number of hydrogen-bond donors (Lipinski definition) is 1. The van der Waals surface area contributed by atoms with Crippen LogP contribution in [0.4, 0.5) is 0 Å². The molecule has 3 heteroatoms. The van der Waals surface area contributed by atoms with Crippen LogP contribution in [0, 0.1) is 12.3 Å². The molecule has 0 unspecified atom stereocenters. The topological polar surface area (TPSA) is 9.23 Å². The Labute approximate surface area is 102 Å². The number of halogens is 1. The maximum Gasteiger partial charge on any atom is 0.122 e. The van der Waals surface area contributed by atoms with Gasteiger partial charge < -0.3 is 4.74 Å². The van der Waals surface area contributed by atoms with Crippen LogP contribution in [0.25, 0.3) is 0 Å². The van der Waals surface area contributed by atoms with Crippen LogP contribution in [0.2, 0.25) is 5.02 Å². The molecule has 84 valence electrons. The average molecular weight is 245 g/mol. The molecule has 0 bridgehead atoms. The number of benzene rings is 1. The van der Waals surface area contributed by atoms with Gasteiger partial charge in [0.25, 0.3) is 0 Å². The molecule has 0 saturated heterocycles. The average Bonchev–Trinajstić information content (AvgIpc) is 2.16. The first-order chi connectivity index (χ1) is 6.94. The van der Waals surface area contributed by atoms with E-state index in [-0.39, 0.29) is 5.41 Å². The number of hydrogen-bond acceptors (Lipinski definition) is 2. The van der Waals surface area contributed by atoms with Gasteiger partial charge in [-0.2, -0.15) is 12.6 Å². The van der Waals surface area contributed by atoms with Crippen LogP contribution in [0.5, 0.6) is 5.75 Å². The zero-order valence-corrected chi connectivity index (χ0v) is 11.0. The Morgan fingerprint density at radius 2 is 2.07 bits per heavy atom. The Hall–Kier alpha value is -0.340. The van der Waals surface area contributed by atoms with Gasteiger partial charge in [0.05, 0.1) is 6.61 Å². The van der Waals surface area contributed by atoms with Gasteiger partial charge in [-0.3, -0.25) is 0 Å². The molecule has 0 atom stereocenters. The zero-order chi connectivity index (χ0) is 11.5. The lowest BCUT2D eigenvalue weighted by atomic mass is 9.98. The van der Waals surface area contributed by atoms with Crippen molar-refractivity contribution in [2.75, 3.05) is 12.4 Å². The first-order valence-electron chi connectivity index (χ1n) is 4.94. The summed E-state index contributed by atoms with van der Waals surface area (Å²) in [5.41, 5.74) is 1.16. The van der Waals surface area contributed by atoms with Gasteiger partial charge in [0.2, 0.25) is 0 Å². The van der Waals surface area contributed by atoms with Crippen LogP contribution in [0.3, 0.4) is 0 Å². The molecule has 1 aromatic rings. The second-order valence-corrected chi connectivity index (χ2v) is 5.27. The largest absolute Gasteiger partial charge is 0.493 e. The highest BCUT2D eigenvalue weighted by molar-refractivity contribution is 7.80. The molecule has 0 spiro atoms. The first kappa shape index (κ1) is 12.7. The summed E-state index contributed by atoms with van der Waals surface area (Å²) in [7, 11) is 0. The molecule has 0 N–H and O–H groups in total. The minimum Gasteiger partial charge on any atom is -0.493 e. The fourth-order valence-electron chi connectivity index (χ4n) is 1.09. The van der Waals surface area contributed by atoms with Crippen molar-refractivity contribution in [3.8, 4) is 5.75 Å². The maximum absolute atomic E-state index is 5.87. The molecular formula is C12H17ClOS. The van der Waals surface area contributed by atoms with E-state index in [1.54, 1.807) is 0 Å². The van der Waals surface area contributed by atoms with Crippen molar-refractivity contribution < 1.29 is 4.74 Å². The highest BCUT2D eigenvalue weighted by atomic mass is 35.5. The van der Waals surface area contributed by atoms with E-state index < -0.39 is 0 Å². The third kappa shape index (κ3) is 3.96. The van der Waals surface area contributed by atoms with E-state index in [4.69, 9.17) is 16.3 Å². The van der Waals surface area contributed by atoms with Gasteiger partial charge in [-0.15, -0.1) is 0 Å². The van der Waals surface area contributed by atoms with Crippen molar-refractivity contribution in [2.45, 2.75) is 20.8 Å². The van der Waals surface area contributed by atoms with Gasteiger partial charge in [-0.05, 0) is 36.4 Å². The highest BCUT2D eigenvalue weighted by Crippen LogP contribution is 2.24. The van der Waals surface area contributed by atoms with E-state index in [0.29, 0.717) is 6.61 Å². The van der Waals surface area contributed by atoms with E-state index in [9.17, 15) is 0 Å². The van der Waals surface area contributed by atoms with Crippen LogP contribution < -0.4 is 4.74 Å². The molecule has 1 rings (SSSR count). The highest BCUT2D eigenvalue weighted by Gasteiger charge is 2.16. The quantitative estimate of drug-likeness (QED) is 0.789. The van der Waals surface area contributed by atoms with Gasteiger partial charge >= 0.3 is 0 Å². The fourth-order valence-corrected chi connectivity index (χ4v) is 1.41. The van der Waals surface area contributed by atoms with Crippen molar-refractivity contribution in [1.29, 1.82) is 0 Å². The molecule has 1 aromatic carbocycles. The lowest BCUT2D eigenvalue weighted by Crippen LogP contribution is -2.23. The molecule has 0 aliphatic rings. The molecule has 0 fully saturated rings. The Morgan fingerprint density at radius 3 is 2.60 bits per heavy atom. The Balaban J connectivity index is 2.66. The van der Waals surface area contributed by atoms with Gasteiger partial charge in [0.15, 0.2) is 0 Å². The van der Waals surface area contributed by atoms with Crippen molar-refractivity contribution >= 4 is 24.2 Å². The fraction of sp³-hybridized carbons (Fsp3) is 0.500. The first-order valence-corrected chi connectivity index (χ1v) is 5.95. The van der Waals surface area contributed by atoms with Crippen LogP contribution in [-0.4, -0.2) is 12.4 Å². The molecular weight excluding hydrogens is 228 g/mol. The molecule has 0 amide bonds. The van der Waals surface area contributed by atoms with Crippen LogP contribution in [0.1, 0.15) is 19.4 Å². The standard InChI is InChI=1S/C12H17ClOS/c1-9-6-10(13)4-5-11(9)14-7-12(2,3)8-15/h4-6,15H,7-8H2,1-3H3. The molecule has 0 aromatic heterocycles. The van der Waals surface area contributed by atoms with Crippen LogP contribution in [-0.2, 0) is 0 Å². The maximum atomic E-state index is 5.87. The Morgan fingerprint density at radius 1 is 1.40 bits per heavy atom. The van der Waals surface area contributed by atoms with Crippen molar-refractivity contribution in [2.24, 2.45) is 5.41 Å². The normalized spacial score (nSPS) is 11.5. The van der Waals surface area contributed by atoms with Crippen LogP contribution >= 0.6 is 24.2 Å². The van der Waals surface area contributed by atoms with Gasteiger partial charge in [-0.1, -0.05) is 25.4 Å². The van der Waals surface area contributed by atoms with Crippen molar-refractivity contribution in [3.63, 3.8) is 0 Å². The van der Waals surface area contributed by atoms with Gasteiger partial charge in [-0.25, -0.2) is 0 Å². The third-order valence-electron chi connectivity index (χ3n) is 2.18. The number of ether oxygens (including phenoxy) is 1. The van der Waals surface area contributed by atoms with E-state index in [1.807, 2.05) is 25.1 Å². The minimum atomic E-state index is 0.0924. The summed E-state index contributed by atoms with van der Waals surface area (Å²) in [6.07, 6.45) is 0. The SMILES string of the molecule is Cc1cc(Cl)ccc1OCC(C)(C)CS. The number of aryl methyl sites for hydroxylation is 1. The smallest absolute Gasteiger partial charge is 0.122 e. The summed E-state index contributed by atoms with van der Waals surface area (Å²) in [5, 5.41) is 0.744. The molecule has 15 heavy (non-hydrogen) atoms. The Bertz CT molecular complexity index is 336. The molecule has 0 aliphatic carbocycles. The summed E-state index contributed by atoms with van der Waals surface area (Å²) in [6, 6.07) is 5.66. The molecule has 0 saturated carbocycles. The predicted molar refractivity (Wildman–Crippen MR) is 69.3 cm³/mol. The predicted octanol–water partition coefficient (Wildman–Crippen LogP) is 3.98. The second-order valence-electron chi connectivity index (χ2n) is 4.52. The molecule has 0 aliphatic heterocycles. The summed E-state index contributed by atoms with van der Waals surface area (Å²) in [5.74, 6) is 1.70. The molecule has 0 heterocycles. The van der Waals surface area contributed by atoms with E-state index in [2.05, 4.69) is 26.5 Å². The van der Waals surface area contributed by atoms with Gasteiger partial charge in [0.1, 0.15) is 5.75 Å². The van der Waals surface area contributed by atoms with Crippen molar-refractivity contribution in [1.82, 2.24) is 0 Å². The lowest BCUT2D eigenvalue weighted by molar-refractivity contribution is 0.201. The number of thiol groups is 1. The zero-order valence-electron chi connectivity index (χ0n) is 9.38. The lowest BCUT2D eigenvalue weighted by Gasteiger charge is -2.22. The molecule has 0 radical (unpaired) electrons. The summed E-state index contributed by atoms with van der Waals surface area (Å²) < 4.78 is 5.74.